The molecule has 0 amide bonds. The van der Waals surface area contributed by atoms with E-state index in [0.717, 1.165) is 27.5 Å². The van der Waals surface area contributed by atoms with E-state index in [9.17, 15) is 8.78 Å². The van der Waals surface area contributed by atoms with Gasteiger partial charge in [0.1, 0.15) is 11.2 Å². The number of hydrogen-bond acceptors (Lipinski definition) is 7. The molecule has 11 heteroatoms. The van der Waals surface area contributed by atoms with Crippen molar-refractivity contribution in [1.29, 1.82) is 0 Å². The van der Waals surface area contributed by atoms with Crippen molar-refractivity contribution < 1.29 is 18.3 Å². The van der Waals surface area contributed by atoms with Crippen LogP contribution in [0.3, 0.4) is 0 Å². The maximum atomic E-state index is 12.4. The van der Waals surface area contributed by atoms with E-state index in [-0.39, 0.29) is 6.04 Å². The number of rotatable bonds is 6. The van der Waals surface area contributed by atoms with E-state index < -0.39 is 12.7 Å². The van der Waals surface area contributed by atoms with Gasteiger partial charge < -0.3 is 19.8 Å². The van der Waals surface area contributed by atoms with Gasteiger partial charge in [-0.05, 0) is 43.4 Å². The van der Waals surface area contributed by atoms with Crippen LogP contribution in [-0.2, 0) is 11.8 Å². The number of ether oxygens (including phenoxy) is 2. The van der Waals surface area contributed by atoms with Gasteiger partial charge in [0.2, 0.25) is 11.8 Å². The fraction of sp³-hybridized carbons (Fsp3) is 0.429. The fourth-order valence-corrected chi connectivity index (χ4v) is 4.31. The van der Waals surface area contributed by atoms with Crippen molar-refractivity contribution in [2.24, 2.45) is 7.05 Å². The van der Waals surface area contributed by atoms with Crippen molar-refractivity contribution >= 4 is 28.0 Å². The third kappa shape index (κ3) is 3.83. The van der Waals surface area contributed by atoms with E-state index in [1.54, 1.807) is 11.8 Å². The summed E-state index contributed by atoms with van der Waals surface area (Å²) in [5.74, 6) is 0.888. The van der Waals surface area contributed by atoms with Gasteiger partial charge in [-0.2, -0.15) is 18.7 Å². The van der Waals surface area contributed by atoms with Crippen LogP contribution in [0.1, 0.15) is 25.7 Å². The standard InChI is InChI=1S/C21H23F2N7O2/c1-30-16-9-11(3-8-15(16)28-29-30)14-10-24-18-17(14)19(31-2)27-21(26-18)25-12-4-6-13(7-5-12)32-20(22)23/h3,8-10,12-13,20H,4-7H2,1-2H3,(H2,24,25,26,27)/t12-,13+. The molecule has 4 aromatic rings. The molecule has 0 radical (unpaired) electrons. The first kappa shape index (κ1) is 20.6. The lowest BCUT2D eigenvalue weighted by Crippen LogP contribution is -2.31. The zero-order valence-corrected chi connectivity index (χ0v) is 17.7. The highest BCUT2D eigenvalue weighted by atomic mass is 19.3. The minimum Gasteiger partial charge on any atom is -0.480 e. The number of aryl methyl sites for hydroxylation is 1. The first-order chi connectivity index (χ1) is 15.5. The Hall–Kier alpha value is -3.34. The Morgan fingerprint density at radius 2 is 2.00 bits per heavy atom. The van der Waals surface area contributed by atoms with Crippen LogP contribution in [0.25, 0.3) is 33.2 Å². The van der Waals surface area contributed by atoms with Gasteiger partial charge in [-0.1, -0.05) is 11.3 Å². The molecule has 3 aromatic heterocycles. The second kappa shape index (κ2) is 8.30. The molecule has 0 saturated heterocycles. The van der Waals surface area contributed by atoms with Crippen molar-refractivity contribution in [1.82, 2.24) is 29.9 Å². The van der Waals surface area contributed by atoms with Crippen LogP contribution < -0.4 is 10.1 Å². The van der Waals surface area contributed by atoms with Crippen molar-refractivity contribution in [2.75, 3.05) is 12.4 Å². The summed E-state index contributed by atoms with van der Waals surface area (Å²) >= 11 is 0. The Balaban J connectivity index is 1.41. The van der Waals surface area contributed by atoms with Crippen LogP contribution in [0.2, 0.25) is 0 Å². The van der Waals surface area contributed by atoms with Crippen LogP contribution in [0.15, 0.2) is 24.4 Å². The molecule has 1 saturated carbocycles. The third-order valence-electron chi connectivity index (χ3n) is 5.92. The molecule has 1 fully saturated rings. The number of fused-ring (bicyclic) bond motifs is 2. The Kier molecular flexibility index (Phi) is 5.33. The lowest BCUT2D eigenvalue weighted by molar-refractivity contribution is -0.169. The normalized spacial score (nSPS) is 19.2. The minimum absolute atomic E-state index is 0.0869. The Bertz CT molecular complexity index is 1250. The summed E-state index contributed by atoms with van der Waals surface area (Å²) < 4.78 is 36.8. The Labute approximate surface area is 182 Å². The number of H-pyrrole nitrogens is 1. The molecule has 0 bridgehead atoms. The predicted octanol–water partition coefficient (Wildman–Crippen LogP) is 3.88. The Morgan fingerprint density at radius 1 is 1.19 bits per heavy atom. The van der Waals surface area contributed by atoms with Gasteiger partial charge in [-0.15, -0.1) is 5.10 Å². The second-order valence-corrected chi connectivity index (χ2v) is 7.91. The zero-order chi connectivity index (χ0) is 22.2. The van der Waals surface area contributed by atoms with Gasteiger partial charge >= 0.3 is 6.61 Å². The molecule has 168 valence electrons. The van der Waals surface area contributed by atoms with Crippen LogP contribution in [0.5, 0.6) is 5.88 Å². The molecule has 3 heterocycles. The first-order valence-electron chi connectivity index (χ1n) is 10.4. The van der Waals surface area contributed by atoms with Crippen molar-refractivity contribution in [2.45, 2.75) is 44.4 Å². The number of aromatic amines is 1. The van der Waals surface area contributed by atoms with Gasteiger partial charge in [-0.25, -0.2) is 4.68 Å². The highest BCUT2D eigenvalue weighted by molar-refractivity contribution is 5.99. The number of benzene rings is 1. The molecule has 2 N–H and O–H groups in total. The van der Waals surface area contributed by atoms with Gasteiger partial charge in [0.15, 0.2) is 0 Å². The van der Waals surface area contributed by atoms with Gasteiger partial charge in [-0.3, -0.25) is 0 Å². The van der Waals surface area contributed by atoms with Gasteiger partial charge in [0.05, 0.1) is 24.1 Å². The lowest BCUT2D eigenvalue weighted by atomic mass is 9.93. The highest BCUT2D eigenvalue weighted by Crippen LogP contribution is 2.35. The summed E-state index contributed by atoms with van der Waals surface area (Å²) in [5.41, 5.74) is 4.26. The molecule has 5 rings (SSSR count). The van der Waals surface area contributed by atoms with E-state index in [1.807, 2.05) is 31.4 Å². The molecule has 1 aliphatic carbocycles. The molecule has 0 unspecified atom stereocenters. The lowest BCUT2D eigenvalue weighted by Gasteiger charge is -2.28. The molecule has 0 atom stereocenters. The number of alkyl halides is 2. The number of methoxy groups -OCH3 is 1. The fourth-order valence-electron chi connectivity index (χ4n) is 4.31. The molecule has 0 spiro atoms. The van der Waals surface area contributed by atoms with Gasteiger partial charge in [0, 0.05) is 24.8 Å². The molecule has 1 aromatic carbocycles. The highest BCUT2D eigenvalue weighted by Gasteiger charge is 2.25. The summed E-state index contributed by atoms with van der Waals surface area (Å²) in [6, 6.07) is 6.01. The van der Waals surface area contributed by atoms with Crippen molar-refractivity contribution in [3.05, 3.63) is 24.4 Å². The number of hydrogen-bond donors (Lipinski definition) is 2. The molecular weight excluding hydrogens is 420 g/mol. The molecule has 32 heavy (non-hydrogen) atoms. The first-order valence-corrected chi connectivity index (χ1v) is 10.4. The third-order valence-corrected chi connectivity index (χ3v) is 5.92. The van der Waals surface area contributed by atoms with Crippen molar-refractivity contribution in [3.8, 4) is 17.0 Å². The van der Waals surface area contributed by atoms with E-state index >= 15 is 0 Å². The maximum Gasteiger partial charge on any atom is 0.345 e. The number of nitrogens with one attached hydrogen (secondary N) is 2. The predicted molar refractivity (Wildman–Crippen MR) is 115 cm³/mol. The smallest absolute Gasteiger partial charge is 0.345 e. The summed E-state index contributed by atoms with van der Waals surface area (Å²) in [4.78, 5) is 12.4. The Morgan fingerprint density at radius 3 is 2.75 bits per heavy atom. The number of halogens is 2. The molecule has 0 aliphatic heterocycles. The summed E-state index contributed by atoms with van der Waals surface area (Å²) in [7, 11) is 3.42. The number of nitrogens with zero attached hydrogens (tertiary/aromatic N) is 5. The number of anilines is 1. The largest absolute Gasteiger partial charge is 0.480 e. The molecule has 1 aliphatic rings. The minimum atomic E-state index is -2.73. The van der Waals surface area contributed by atoms with Crippen LogP contribution in [-0.4, -0.2) is 55.8 Å². The summed E-state index contributed by atoms with van der Waals surface area (Å²) in [6.45, 7) is -2.73. The van der Waals surface area contributed by atoms with E-state index in [0.29, 0.717) is 43.2 Å². The quantitative estimate of drug-likeness (QED) is 0.466. The SMILES string of the molecule is COc1nc(N[C@H]2CC[C@@H](OC(F)F)CC2)nc2[nH]cc(-c3ccc4nnn(C)c4c3)c12. The maximum absolute atomic E-state index is 12.4. The van der Waals surface area contributed by atoms with Gasteiger partial charge in [0.25, 0.3) is 0 Å². The topological polar surface area (TPSA) is 103 Å². The average molecular weight is 443 g/mol. The van der Waals surface area contributed by atoms with Crippen LogP contribution >= 0.6 is 0 Å². The summed E-state index contributed by atoms with van der Waals surface area (Å²) in [6.07, 6.45) is 4.03. The summed E-state index contributed by atoms with van der Waals surface area (Å²) in [5, 5.41) is 12.3. The molecule has 9 nitrogen and oxygen atoms in total. The zero-order valence-electron chi connectivity index (χ0n) is 17.7. The molecular formula is C21H23F2N7O2. The van der Waals surface area contributed by atoms with E-state index in [1.165, 1.54) is 0 Å². The van der Waals surface area contributed by atoms with Crippen LogP contribution in [0, 0.1) is 0 Å². The number of aromatic nitrogens is 6. The second-order valence-electron chi connectivity index (χ2n) is 7.91. The van der Waals surface area contributed by atoms with E-state index in [2.05, 4.69) is 35.3 Å². The van der Waals surface area contributed by atoms with Crippen molar-refractivity contribution in [3.63, 3.8) is 0 Å². The monoisotopic (exact) mass is 443 g/mol. The van der Waals surface area contributed by atoms with Crippen LogP contribution in [0.4, 0.5) is 14.7 Å². The van der Waals surface area contributed by atoms with E-state index in [4.69, 9.17) is 4.74 Å². The average Bonchev–Trinajstić information content (AvgIpc) is 3.37.